The second-order valence-electron chi connectivity index (χ2n) is 9.92. The molecule has 4 rings (SSSR count). The maximum absolute atomic E-state index is 13.5. The minimum atomic E-state index is -4.90. The first-order chi connectivity index (χ1) is 18.4. The molecule has 1 fully saturated rings. The fourth-order valence-corrected chi connectivity index (χ4v) is 5.08. The highest BCUT2D eigenvalue weighted by Gasteiger charge is 2.40. The largest absolute Gasteiger partial charge is 0.497 e. The van der Waals surface area contributed by atoms with E-state index < -0.39 is 29.0 Å². The van der Waals surface area contributed by atoms with Gasteiger partial charge in [0.1, 0.15) is 5.75 Å². The van der Waals surface area contributed by atoms with Gasteiger partial charge in [-0.1, -0.05) is 42.5 Å². The summed E-state index contributed by atoms with van der Waals surface area (Å²) in [5, 5.41) is 0. The van der Waals surface area contributed by atoms with Crippen molar-refractivity contribution in [3.05, 3.63) is 108 Å². The fraction of sp³-hybridized carbons (Fsp3) is 0.367. The van der Waals surface area contributed by atoms with Crippen LogP contribution >= 0.6 is 0 Å². The molecule has 3 aromatic carbocycles. The van der Waals surface area contributed by atoms with Crippen molar-refractivity contribution in [1.82, 2.24) is 9.80 Å². The number of halogens is 6. The first-order valence-corrected chi connectivity index (χ1v) is 12.7. The molecule has 209 valence electrons. The van der Waals surface area contributed by atoms with E-state index in [0.717, 1.165) is 36.4 Å². The van der Waals surface area contributed by atoms with Crippen LogP contribution in [0.25, 0.3) is 0 Å². The zero-order valence-corrected chi connectivity index (χ0v) is 21.7. The third kappa shape index (κ3) is 7.13. The Morgan fingerprint density at radius 1 is 0.718 bits per heavy atom. The molecule has 0 spiro atoms. The van der Waals surface area contributed by atoms with Gasteiger partial charge in [0.2, 0.25) is 0 Å². The predicted molar refractivity (Wildman–Crippen MR) is 138 cm³/mol. The van der Waals surface area contributed by atoms with Crippen LogP contribution in [0.5, 0.6) is 5.75 Å². The van der Waals surface area contributed by atoms with Crippen LogP contribution < -0.4 is 4.74 Å². The van der Waals surface area contributed by atoms with Gasteiger partial charge in [-0.15, -0.1) is 0 Å². The van der Waals surface area contributed by atoms with Crippen LogP contribution in [0.1, 0.15) is 27.8 Å². The standard InChI is InChI=1S/C30H31F6N2O/c1-28(24-6-4-3-5-7-24,21-23-18-25(29(31,32)33)20-26(19-23)30(34,35)36)38-16-14-37(15-17-38)13-12-22-8-10-27(39-2)11-9-22/h3-11,18-20H,1,12-17,21H2,2H3. The van der Waals surface area contributed by atoms with Crippen LogP contribution in [-0.4, -0.2) is 49.6 Å². The lowest BCUT2D eigenvalue weighted by atomic mass is 9.82. The monoisotopic (exact) mass is 549 g/mol. The van der Waals surface area contributed by atoms with E-state index in [0.29, 0.717) is 26.2 Å². The number of piperazine rings is 1. The van der Waals surface area contributed by atoms with Crippen LogP contribution in [-0.2, 0) is 30.7 Å². The molecule has 39 heavy (non-hydrogen) atoms. The van der Waals surface area contributed by atoms with Crippen LogP contribution in [0, 0.1) is 6.92 Å². The summed E-state index contributed by atoms with van der Waals surface area (Å²) >= 11 is 0. The SMILES string of the molecule is [CH2]C(Cc1cc(C(F)(F)F)cc(C(F)(F)F)c1)(c1ccccc1)N1CCN(CCc2ccc(OC)cc2)CC1. The van der Waals surface area contributed by atoms with Gasteiger partial charge in [-0.05, 0) is 66.8 Å². The van der Waals surface area contributed by atoms with Gasteiger partial charge in [0.05, 0.1) is 23.8 Å². The van der Waals surface area contributed by atoms with Gasteiger partial charge < -0.3 is 9.64 Å². The highest BCUT2D eigenvalue weighted by molar-refractivity contribution is 5.37. The van der Waals surface area contributed by atoms with Gasteiger partial charge >= 0.3 is 12.4 Å². The zero-order chi connectivity index (χ0) is 28.3. The first kappa shape index (κ1) is 29.0. The van der Waals surface area contributed by atoms with E-state index in [1.165, 1.54) is 5.56 Å². The summed E-state index contributed by atoms with van der Waals surface area (Å²) in [6.07, 6.45) is -9.05. The van der Waals surface area contributed by atoms with Gasteiger partial charge in [-0.2, -0.15) is 26.3 Å². The summed E-state index contributed by atoms with van der Waals surface area (Å²) in [6.45, 7) is 7.80. The molecule has 0 aromatic heterocycles. The number of alkyl halides is 6. The van der Waals surface area contributed by atoms with Crippen molar-refractivity contribution in [2.24, 2.45) is 0 Å². The number of hydrogen-bond acceptors (Lipinski definition) is 3. The smallest absolute Gasteiger partial charge is 0.416 e. The van der Waals surface area contributed by atoms with Gasteiger partial charge in [0.25, 0.3) is 0 Å². The molecular weight excluding hydrogens is 518 g/mol. The summed E-state index contributed by atoms with van der Waals surface area (Å²) in [5.74, 6) is 0.795. The first-order valence-electron chi connectivity index (χ1n) is 12.7. The van der Waals surface area contributed by atoms with Crippen molar-refractivity contribution in [2.45, 2.75) is 30.7 Å². The van der Waals surface area contributed by atoms with E-state index in [2.05, 4.69) is 16.7 Å². The van der Waals surface area contributed by atoms with Gasteiger partial charge in [0, 0.05) is 32.7 Å². The van der Waals surface area contributed by atoms with E-state index in [-0.39, 0.29) is 18.1 Å². The molecule has 3 aromatic rings. The molecular formula is C30H31F6N2O. The summed E-state index contributed by atoms with van der Waals surface area (Å²) in [4.78, 5) is 4.37. The minimum Gasteiger partial charge on any atom is -0.497 e. The lowest BCUT2D eigenvalue weighted by Gasteiger charge is -2.46. The molecule has 1 radical (unpaired) electrons. The number of methoxy groups -OCH3 is 1. The second-order valence-corrected chi connectivity index (χ2v) is 9.92. The van der Waals surface area contributed by atoms with Crippen molar-refractivity contribution < 1.29 is 31.1 Å². The normalized spacial score (nSPS) is 17.1. The van der Waals surface area contributed by atoms with E-state index >= 15 is 0 Å². The van der Waals surface area contributed by atoms with Crippen molar-refractivity contribution in [1.29, 1.82) is 0 Å². The molecule has 1 unspecified atom stereocenters. The highest BCUT2D eigenvalue weighted by Crippen LogP contribution is 2.39. The maximum atomic E-state index is 13.5. The predicted octanol–water partition coefficient (Wildman–Crippen LogP) is 6.87. The Labute approximate surface area is 225 Å². The van der Waals surface area contributed by atoms with Crippen molar-refractivity contribution >= 4 is 0 Å². The fourth-order valence-electron chi connectivity index (χ4n) is 5.08. The molecule has 1 atom stereocenters. The number of hydrogen-bond donors (Lipinski definition) is 0. The van der Waals surface area contributed by atoms with Crippen molar-refractivity contribution in [2.75, 3.05) is 39.8 Å². The van der Waals surface area contributed by atoms with Crippen LogP contribution in [0.2, 0.25) is 0 Å². The lowest BCUT2D eigenvalue weighted by Crippen LogP contribution is -2.55. The average Bonchev–Trinajstić information content (AvgIpc) is 2.92. The van der Waals surface area contributed by atoms with E-state index in [9.17, 15) is 26.3 Å². The van der Waals surface area contributed by atoms with Crippen molar-refractivity contribution in [3.63, 3.8) is 0 Å². The topological polar surface area (TPSA) is 15.7 Å². The highest BCUT2D eigenvalue weighted by atomic mass is 19.4. The minimum absolute atomic E-state index is 0.0575. The molecule has 0 amide bonds. The summed E-state index contributed by atoms with van der Waals surface area (Å²) < 4.78 is 86.3. The molecule has 0 aliphatic carbocycles. The number of rotatable bonds is 8. The maximum Gasteiger partial charge on any atom is 0.416 e. The van der Waals surface area contributed by atoms with Crippen LogP contribution in [0.4, 0.5) is 26.3 Å². The van der Waals surface area contributed by atoms with Crippen molar-refractivity contribution in [3.8, 4) is 5.75 Å². The Kier molecular flexibility index (Phi) is 8.61. The third-order valence-corrected chi connectivity index (χ3v) is 7.31. The molecule has 0 saturated carbocycles. The van der Waals surface area contributed by atoms with E-state index in [1.54, 1.807) is 19.2 Å². The van der Waals surface area contributed by atoms with Crippen LogP contribution in [0.3, 0.4) is 0 Å². The molecule has 1 heterocycles. The Balaban J connectivity index is 1.54. The summed E-state index contributed by atoms with van der Waals surface area (Å²) in [6, 6.07) is 18.7. The van der Waals surface area contributed by atoms with Gasteiger partial charge in [-0.3, -0.25) is 4.90 Å². The molecule has 1 aliphatic rings. The lowest BCUT2D eigenvalue weighted by molar-refractivity contribution is -0.143. The van der Waals surface area contributed by atoms with E-state index in [1.807, 2.05) is 42.5 Å². The number of benzene rings is 3. The van der Waals surface area contributed by atoms with Gasteiger partial charge in [0.15, 0.2) is 0 Å². The average molecular weight is 550 g/mol. The van der Waals surface area contributed by atoms with E-state index in [4.69, 9.17) is 4.74 Å². The Morgan fingerprint density at radius 2 is 1.28 bits per heavy atom. The molecule has 9 heteroatoms. The second kappa shape index (κ2) is 11.6. The summed E-state index contributed by atoms with van der Waals surface area (Å²) in [7, 11) is 1.62. The summed E-state index contributed by atoms with van der Waals surface area (Å²) in [5.41, 5.74) is -1.81. The molecule has 1 aliphatic heterocycles. The Morgan fingerprint density at radius 3 is 1.79 bits per heavy atom. The molecule has 3 nitrogen and oxygen atoms in total. The Bertz CT molecular complexity index is 1190. The Hall–Kier alpha value is -3.04. The quantitative estimate of drug-likeness (QED) is 0.286. The van der Waals surface area contributed by atoms with Gasteiger partial charge in [-0.25, -0.2) is 0 Å². The molecule has 0 bridgehead atoms. The third-order valence-electron chi connectivity index (χ3n) is 7.31. The van der Waals surface area contributed by atoms with Crippen LogP contribution in [0.15, 0.2) is 72.8 Å². The number of ether oxygens (including phenoxy) is 1. The molecule has 1 saturated heterocycles. The number of nitrogens with zero attached hydrogens (tertiary/aromatic N) is 2. The molecule has 0 N–H and O–H groups in total. The zero-order valence-electron chi connectivity index (χ0n) is 21.7.